The van der Waals surface area contributed by atoms with Gasteiger partial charge in [0.25, 0.3) is 0 Å². The van der Waals surface area contributed by atoms with Crippen molar-refractivity contribution < 1.29 is 4.79 Å². The summed E-state index contributed by atoms with van der Waals surface area (Å²) in [7, 11) is 0. The fourth-order valence-electron chi connectivity index (χ4n) is 2.76. The highest BCUT2D eigenvalue weighted by atomic mass is 16.1. The molecule has 0 aromatic rings. The van der Waals surface area contributed by atoms with Gasteiger partial charge in [-0.05, 0) is 51.1 Å². The van der Waals surface area contributed by atoms with Crippen LogP contribution in [0.5, 0.6) is 0 Å². The van der Waals surface area contributed by atoms with Gasteiger partial charge >= 0.3 is 0 Å². The van der Waals surface area contributed by atoms with E-state index >= 15 is 0 Å². The Bertz CT molecular complexity index is 207. The van der Waals surface area contributed by atoms with Crippen molar-refractivity contribution in [3.63, 3.8) is 0 Å². The van der Waals surface area contributed by atoms with Crippen molar-refractivity contribution in [2.45, 2.75) is 52.9 Å². The van der Waals surface area contributed by atoms with Crippen LogP contribution < -0.4 is 0 Å². The second-order valence-electron chi connectivity index (χ2n) is 5.53. The summed E-state index contributed by atoms with van der Waals surface area (Å²) in [6, 6.07) is 0. The van der Waals surface area contributed by atoms with E-state index in [0.717, 1.165) is 38.4 Å². The average Bonchev–Trinajstić information content (AvgIpc) is 2.32. The fourth-order valence-corrected chi connectivity index (χ4v) is 2.76. The highest BCUT2D eigenvalue weighted by molar-refractivity contribution is 5.60. The number of hydrogen-bond acceptors (Lipinski definition) is 2. The summed E-state index contributed by atoms with van der Waals surface area (Å²) in [4.78, 5) is 13.9. The van der Waals surface area contributed by atoms with Crippen molar-refractivity contribution in [2.24, 2.45) is 11.3 Å². The molecular weight excluding hydrogens is 198 g/mol. The lowest BCUT2D eigenvalue weighted by Gasteiger charge is -2.38. The Hall–Kier alpha value is -0.370. The molecule has 2 heteroatoms. The van der Waals surface area contributed by atoms with Crippen LogP contribution in [-0.2, 0) is 4.79 Å². The third-order valence-corrected chi connectivity index (χ3v) is 4.05. The van der Waals surface area contributed by atoms with Crippen LogP contribution >= 0.6 is 0 Å². The lowest BCUT2D eigenvalue weighted by atomic mass is 9.71. The van der Waals surface area contributed by atoms with Gasteiger partial charge in [-0.1, -0.05) is 20.8 Å². The molecule has 0 aliphatic heterocycles. The molecule has 0 bridgehead atoms. The Morgan fingerprint density at radius 1 is 1.31 bits per heavy atom. The molecule has 2 nitrogen and oxygen atoms in total. The maximum atomic E-state index is 11.4. The van der Waals surface area contributed by atoms with Gasteiger partial charge in [-0.2, -0.15) is 0 Å². The summed E-state index contributed by atoms with van der Waals surface area (Å²) in [6.45, 7) is 9.88. The topological polar surface area (TPSA) is 20.3 Å². The van der Waals surface area contributed by atoms with E-state index < -0.39 is 0 Å². The standard InChI is InChI=1S/C14H27NO/c1-4-10-15(5-2)11-14(12-16)8-6-13(3)7-9-14/h12-13H,4-11H2,1-3H3. The summed E-state index contributed by atoms with van der Waals surface area (Å²) in [5.74, 6) is 0.814. The van der Waals surface area contributed by atoms with Crippen LogP contribution in [0.1, 0.15) is 52.9 Å². The average molecular weight is 225 g/mol. The van der Waals surface area contributed by atoms with E-state index in [0.29, 0.717) is 0 Å². The number of nitrogens with zero attached hydrogens (tertiary/aromatic N) is 1. The fraction of sp³-hybridized carbons (Fsp3) is 0.929. The molecule has 0 radical (unpaired) electrons. The maximum absolute atomic E-state index is 11.4. The van der Waals surface area contributed by atoms with E-state index in [2.05, 4.69) is 25.7 Å². The Balaban J connectivity index is 2.55. The first-order chi connectivity index (χ1) is 7.65. The molecule has 0 N–H and O–H groups in total. The third-order valence-electron chi connectivity index (χ3n) is 4.05. The maximum Gasteiger partial charge on any atom is 0.127 e. The van der Waals surface area contributed by atoms with E-state index in [-0.39, 0.29) is 5.41 Å². The van der Waals surface area contributed by atoms with Crippen LogP contribution in [0.2, 0.25) is 0 Å². The molecule has 1 fully saturated rings. The zero-order chi connectivity index (χ0) is 12.0. The first kappa shape index (κ1) is 13.7. The summed E-state index contributed by atoms with van der Waals surface area (Å²) in [5, 5.41) is 0. The third kappa shape index (κ3) is 3.58. The van der Waals surface area contributed by atoms with E-state index in [1.165, 1.54) is 25.5 Å². The lowest BCUT2D eigenvalue weighted by Crippen LogP contribution is -2.41. The van der Waals surface area contributed by atoms with E-state index in [9.17, 15) is 4.79 Å². The number of aldehydes is 1. The predicted octanol–water partition coefficient (Wildman–Crippen LogP) is 3.11. The van der Waals surface area contributed by atoms with Gasteiger partial charge in [0.15, 0.2) is 0 Å². The number of hydrogen-bond donors (Lipinski definition) is 0. The van der Waals surface area contributed by atoms with Crippen LogP contribution in [0.15, 0.2) is 0 Å². The van der Waals surface area contributed by atoms with Crippen molar-refractivity contribution in [2.75, 3.05) is 19.6 Å². The molecule has 1 rings (SSSR count). The van der Waals surface area contributed by atoms with Crippen LogP contribution in [0.25, 0.3) is 0 Å². The van der Waals surface area contributed by atoms with Crippen molar-refractivity contribution in [3.8, 4) is 0 Å². The first-order valence-corrected chi connectivity index (χ1v) is 6.84. The number of rotatable bonds is 6. The molecule has 0 aromatic carbocycles. The molecule has 16 heavy (non-hydrogen) atoms. The second kappa shape index (κ2) is 6.39. The van der Waals surface area contributed by atoms with Gasteiger partial charge in [-0.25, -0.2) is 0 Å². The minimum absolute atomic E-state index is 0.0301. The normalized spacial score (nSPS) is 30.6. The zero-order valence-corrected chi connectivity index (χ0v) is 11.2. The second-order valence-corrected chi connectivity index (χ2v) is 5.53. The highest BCUT2D eigenvalue weighted by Crippen LogP contribution is 2.37. The molecule has 1 aliphatic carbocycles. The van der Waals surface area contributed by atoms with Gasteiger partial charge < -0.3 is 9.69 Å². The molecular formula is C14H27NO. The van der Waals surface area contributed by atoms with E-state index in [4.69, 9.17) is 0 Å². The van der Waals surface area contributed by atoms with Crippen LogP contribution in [0, 0.1) is 11.3 Å². The van der Waals surface area contributed by atoms with Gasteiger partial charge in [-0.3, -0.25) is 0 Å². The molecule has 1 saturated carbocycles. The highest BCUT2D eigenvalue weighted by Gasteiger charge is 2.35. The van der Waals surface area contributed by atoms with Crippen LogP contribution in [0.3, 0.4) is 0 Å². The minimum atomic E-state index is -0.0301. The van der Waals surface area contributed by atoms with Gasteiger partial charge in [0.2, 0.25) is 0 Å². The monoisotopic (exact) mass is 225 g/mol. The Morgan fingerprint density at radius 3 is 2.38 bits per heavy atom. The molecule has 94 valence electrons. The van der Waals surface area contributed by atoms with E-state index in [1.54, 1.807) is 0 Å². The summed E-state index contributed by atoms with van der Waals surface area (Å²) in [6.07, 6.45) is 7.07. The molecule has 0 unspecified atom stereocenters. The van der Waals surface area contributed by atoms with Crippen molar-refractivity contribution in [1.82, 2.24) is 4.90 Å². The van der Waals surface area contributed by atoms with Gasteiger partial charge in [0.1, 0.15) is 6.29 Å². The summed E-state index contributed by atoms with van der Waals surface area (Å²) in [5.41, 5.74) is -0.0301. The van der Waals surface area contributed by atoms with Crippen molar-refractivity contribution in [1.29, 1.82) is 0 Å². The Kier molecular flexibility index (Phi) is 5.47. The van der Waals surface area contributed by atoms with Crippen LogP contribution in [-0.4, -0.2) is 30.8 Å². The Morgan fingerprint density at radius 2 is 1.94 bits per heavy atom. The molecule has 0 aromatic heterocycles. The molecule has 0 amide bonds. The number of carbonyl (C=O) groups excluding carboxylic acids is 1. The molecule has 0 saturated heterocycles. The molecule has 0 spiro atoms. The van der Waals surface area contributed by atoms with Gasteiger partial charge in [0, 0.05) is 12.0 Å². The molecule has 0 atom stereocenters. The number of carbonyl (C=O) groups is 1. The quantitative estimate of drug-likeness (QED) is 0.647. The molecule has 1 aliphatic rings. The van der Waals surface area contributed by atoms with Crippen LogP contribution in [0.4, 0.5) is 0 Å². The SMILES string of the molecule is CCCN(CC)CC1(C=O)CCC(C)CC1. The van der Waals surface area contributed by atoms with Gasteiger partial charge in [0.05, 0.1) is 0 Å². The van der Waals surface area contributed by atoms with Crippen molar-refractivity contribution >= 4 is 6.29 Å². The predicted molar refractivity (Wildman–Crippen MR) is 68.5 cm³/mol. The summed E-state index contributed by atoms with van der Waals surface area (Å²) < 4.78 is 0. The van der Waals surface area contributed by atoms with E-state index in [1.807, 2.05) is 0 Å². The van der Waals surface area contributed by atoms with Crippen molar-refractivity contribution in [3.05, 3.63) is 0 Å². The minimum Gasteiger partial charge on any atom is -0.303 e. The van der Waals surface area contributed by atoms with Gasteiger partial charge in [-0.15, -0.1) is 0 Å². The first-order valence-electron chi connectivity index (χ1n) is 6.84. The largest absolute Gasteiger partial charge is 0.303 e. The Labute approximate surface area is 100 Å². The summed E-state index contributed by atoms with van der Waals surface area (Å²) >= 11 is 0. The smallest absolute Gasteiger partial charge is 0.127 e. The molecule has 0 heterocycles. The lowest BCUT2D eigenvalue weighted by molar-refractivity contribution is -0.119. The zero-order valence-electron chi connectivity index (χ0n) is 11.2.